The zero-order valence-corrected chi connectivity index (χ0v) is 14.5. The highest BCUT2D eigenvalue weighted by molar-refractivity contribution is 6.99. The minimum atomic E-state index is -0.855. The average molecular weight is 345 g/mol. The molecule has 0 aliphatic carbocycles. The number of aromatic nitrogens is 2. The Balaban J connectivity index is 1.88. The quantitative estimate of drug-likeness (QED) is 0.574. The van der Waals surface area contributed by atoms with E-state index in [0.717, 1.165) is 24.8 Å². The first-order chi connectivity index (χ1) is 10.9. The maximum absolute atomic E-state index is 10.9. The average Bonchev–Trinajstić information content (AvgIpc) is 2.98. The standard InChI is InChI=1S/C13H23N5O4S/c1-13(2,3)18(16-20)8-10(19)9-22-12-11(14-23-15-12)17-4-6-21-7-5-17/h10,19H,4-9H2,1-3H3/t10-/m0/s1. The van der Waals surface area contributed by atoms with Crippen LogP contribution in [0.4, 0.5) is 5.82 Å². The van der Waals surface area contributed by atoms with Crippen molar-refractivity contribution in [2.75, 3.05) is 44.4 Å². The molecule has 2 rings (SSSR count). The zero-order chi connectivity index (χ0) is 16.9. The van der Waals surface area contributed by atoms with Gasteiger partial charge in [-0.1, -0.05) is 0 Å². The van der Waals surface area contributed by atoms with E-state index in [0.29, 0.717) is 24.9 Å². The minimum absolute atomic E-state index is 0.0187. The van der Waals surface area contributed by atoms with Crippen molar-refractivity contribution in [1.82, 2.24) is 13.8 Å². The van der Waals surface area contributed by atoms with Crippen molar-refractivity contribution in [3.05, 3.63) is 4.91 Å². The second-order valence-electron chi connectivity index (χ2n) is 6.29. The minimum Gasteiger partial charge on any atom is -0.472 e. The number of morpholine rings is 1. The lowest BCUT2D eigenvalue weighted by molar-refractivity contribution is 0.0326. The van der Waals surface area contributed by atoms with Crippen molar-refractivity contribution in [3.63, 3.8) is 0 Å². The van der Waals surface area contributed by atoms with Gasteiger partial charge in [0.2, 0.25) is 5.82 Å². The molecule has 1 aliphatic rings. The molecule has 1 aromatic heterocycles. The summed E-state index contributed by atoms with van der Waals surface area (Å²) in [5.41, 5.74) is -0.454. The van der Waals surface area contributed by atoms with Gasteiger partial charge < -0.3 is 19.5 Å². The van der Waals surface area contributed by atoms with E-state index in [1.807, 2.05) is 25.7 Å². The van der Waals surface area contributed by atoms with Crippen LogP contribution in [0.25, 0.3) is 0 Å². The molecule has 130 valence electrons. The molecule has 1 fully saturated rings. The fourth-order valence-corrected chi connectivity index (χ4v) is 2.61. The summed E-state index contributed by atoms with van der Waals surface area (Å²) in [4.78, 5) is 12.9. The Labute approximate surface area is 139 Å². The van der Waals surface area contributed by atoms with Gasteiger partial charge in [-0.05, 0) is 20.8 Å². The van der Waals surface area contributed by atoms with Crippen LogP contribution >= 0.6 is 11.7 Å². The second kappa shape index (κ2) is 7.84. The van der Waals surface area contributed by atoms with E-state index >= 15 is 0 Å². The molecule has 2 heterocycles. The van der Waals surface area contributed by atoms with Crippen molar-refractivity contribution in [2.24, 2.45) is 5.29 Å². The van der Waals surface area contributed by atoms with Gasteiger partial charge in [-0.25, -0.2) is 0 Å². The normalized spacial score (nSPS) is 17.0. The van der Waals surface area contributed by atoms with Gasteiger partial charge in [0.15, 0.2) is 0 Å². The van der Waals surface area contributed by atoms with Gasteiger partial charge >= 0.3 is 0 Å². The molecule has 9 nitrogen and oxygen atoms in total. The highest BCUT2D eigenvalue weighted by atomic mass is 32.1. The Morgan fingerprint density at radius 2 is 2.13 bits per heavy atom. The lowest BCUT2D eigenvalue weighted by Crippen LogP contribution is -2.43. The number of aliphatic hydroxyl groups is 1. The number of hydrogen-bond acceptors (Lipinski definition) is 9. The number of β-amino-alcohol motifs (C(OH)–C–C–N with tert-alkyl or cyclic N) is 1. The topological polar surface area (TPSA) is 100 Å². The molecule has 0 aromatic carbocycles. The largest absolute Gasteiger partial charge is 0.472 e. The summed E-state index contributed by atoms with van der Waals surface area (Å²) in [5.74, 6) is 1.07. The first kappa shape index (κ1) is 17.8. The van der Waals surface area contributed by atoms with Crippen molar-refractivity contribution in [1.29, 1.82) is 0 Å². The predicted molar refractivity (Wildman–Crippen MR) is 86.7 cm³/mol. The molecule has 1 saturated heterocycles. The van der Waals surface area contributed by atoms with E-state index in [1.165, 1.54) is 5.01 Å². The summed E-state index contributed by atoms with van der Waals surface area (Å²) in [6.07, 6.45) is -0.855. The van der Waals surface area contributed by atoms with Crippen LogP contribution in [0.2, 0.25) is 0 Å². The summed E-state index contributed by atoms with van der Waals surface area (Å²) in [6, 6.07) is 0. The van der Waals surface area contributed by atoms with Gasteiger partial charge in [0, 0.05) is 13.1 Å². The number of aliphatic hydroxyl groups excluding tert-OH is 1. The third-order valence-corrected chi connectivity index (χ3v) is 3.92. The maximum Gasteiger partial charge on any atom is 0.270 e. The predicted octanol–water partition coefficient (Wildman–Crippen LogP) is 0.896. The summed E-state index contributed by atoms with van der Waals surface area (Å²) in [6.45, 7) is 8.42. The summed E-state index contributed by atoms with van der Waals surface area (Å²) in [5, 5.41) is 14.3. The zero-order valence-electron chi connectivity index (χ0n) is 13.6. The number of nitroso groups, excluding NO2 is 1. The Kier molecular flexibility index (Phi) is 6.08. The van der Waals surface area contributed by atoms with Gasteiger partial charge in [-0.15, -0.1) is 9.28 Å². The molecule has 0 radical (unpaired) electrons. The molecule has 1 aliphatic heterocycles. The highest BCUT2D eigenvalue weighted by Gasteiger charge is 2.25. The molecule has 1 atom stereocenters. The van der Waals surface area contributed by atoms with Crippen LogP contribution in [-0.2, 0) is 4.74 Å². The van der Waals surface area contributed by atoms with Crippen molar-refractivity contribution < 1.29 is 14.6 Å². The lowest BCUT2D eigenvalue weighted by Gasteiger charge is -2.31. The number of hydrogen-bond donors (Lipinski definition) is 1. The molecule has 0 spiro atoms. The van der Waals surface area contributed by atoms with Crippen LogP contribution in [-0.4, -0.2) is 70.0 Å². The second-order valence-corrected chi connectivity index (χ2v) is 6.82. The maximum atomic E-state index is 10.9. The van der Waals surface area contributed by atoms with Gasteiger partial charge in [-0.3, -0.25) is 5.01 Å². The Bertz CT molecular complexity index is 501. The summed E-state index contributed by atoms with van der Waals surface area (Å²) in [7, 11) is 0. The van der Waals surface area contributed by atoms with Crippen LogP contribution in [0.1, 0.15) is 20.8 Å². The van der Waals surface area contributed by atoms with E-state index in [1.54, 1.807) is 0 Å². The highest BCUT2D eigenvalue weighted by Crippen LogP contribution is 2.26. The van der Waals surface area contributed by atoms with Crippen LogP contribution in [0, 0.1) is 4.91 Å². The first-order valence-electron chi connectivity index (χ1n) is 7.49. The lowest BCUT2D eigenvalue weighted by atomic mass is 10.1. The molecule has 0 bridgehead atoms. The third-order valence-electron chi connectivity index (χ3n) is 3.42. The molecular weight excluding hydrogens is 322 g/mol. The van der Waals surface area contributed by atoms with E-state index in [2.05, 4.69) is 14.0 Å². The fraction of sp³-hybridized carbons (Fsp3) is 0.846. The summed E-state index contributed by atoms with van der Waals surface area (Å²) >= 11 is 1.07. The molecule has 0 saturated carbocycles. The van der Waals surface area contributed by atoms with Gasteiger partial charge in [0.1, 0.15) is 12.7 Å². The van der Waals surface area contributed by atoms with Gasteiger partial charge in [0.25, 0.3) is 5.88 Å². The number of ether oxygens (including phenoxy) is 2. The van der Waals surface area contributed by atoms with Crippen molar-refractivity contribution in [2.45, 2.75) is 32.4 Å². The molecular formula is C13H23N5O4S. The Morgan fingerprint density at radius 3 is 2.74 bits per heavy atom. The Hall–Kier alpha value is -1.52. The molecule has 0 unspecified atom stereocenters. The Morgan fingerprint density at radius 1 is 1.43 bits per heavy atom. The van der Waals surface area contributed by atoms with E-state index in [4.69, 9.17) is 9.47 Å². The van der Waals surface area contributed by atoms with E-state index < -0.39 is 11.6 Å². The SMILES string of the molecule is CC(C)(C)N(C[C@H](O)COc1nsnc1N1CCOCC1)N=O. The van der Waals surface area contributed by atoms with E-state index in [-0.39, 0.29) is 13.2 Å². The van der Waals surface area contributed by atoms with E-state index in [9.17, 15) is 10.0 Å². The molecule has 10 heteroatoms. The number of anilines is 1. The van der Waals surface area contributed by atoms with Gasteiger partial charge in [-0.2, -0.15) is 4.37 Å². The summed E-state index contributed by atoms with van der Waals surface area (Å²) < 4.78 is 19.3. The number of nitrogens with zero attached hydrogens (tertiary/aromatic N) is 5. The van der Waals surface area contributed by atoms with Crippen molar-refractivity contribution >= 4 is 17.5 Å². The molecule has 1 aromatic rings. The molecule has 0 amide bonds. The molecule has 1 N–H and O–H groups in total. The third kappa shape index (κ3) is 4.98. The molecule has 23 heavy (non-hydrogen) atoms. The van der Waals surface area contributed by atoms with Crippen LogP contribution in [0.5, 0.6) is 5.88 Å². The van der Waals surface area contributed by atoms with Crippen LogP contribution in [0.15, 0.2) is 5.29 Å². The van der Waals surface area contributed by atoms with Gasteiger partial charge in [0.05, 0.1) is 42.3 Å². The monoisotopic (exact) mass is 345 g/mol. The van der Waals surface area contributed by atoms with Crippen LogP contribution < -0.4 is 9.64 Å². The smallest absolute Gasteiger partial charge is 0.270 e. The number of rotatable bonds is 7. The van der Waals surface area contributed by atoms with Crippen LogP contribution in [0.3, 0.4) is 0 Å². The first-order valence-corrected chi connectivity index (χ1v) is 8.22. The van der Waals surface area contributed by atoms with Crippen molar-refractivity contribution in [3.8, 4) is 5.88 Å². The fourth-order valence-electron chi connectivity index (χ4n) is 2.09.